The molecule has 1 fully saturated rings. The fourth-order valence-corrected chi connectivity index (χ4v) is 4.80. The SMILES string of the molecule is CN(C)C(c1ccccc1)C1CC(c2ccccc2Br)CCC1O.Cl. The Morgan fingerprint density at radius 3 is 2.28 bits per heavy atom. The van der Waals surface area contributed by atoms with Gasteiger partial charge in [0.05, 0.1) is 6.10 Å². The lowest BCUT2D eigenvalue weighted by Gasteiger charge is -2.41. The van der Waals surface area contributed by atoms with Gasteiger partial charge in [-0.15, -0.1) is 12.4 Å². The van der Waals surface area contributed by atoms with E-state index in [0.29, 0.717) is 5.92 Å². The van der Waals surface area contributed by atoms with Crippen molar-refractivity contribution in [2.75, 3.05) is 14.1 Å². The molecule has 1 aliphatic carbocycles. The molecule has 0 saturated heterocycles. The van der Waals surface area contributed by atoms with Gasteiger partial charge < -0.3 is 10.0 Å². The Hall–Kier alpha value is -0.870. The number of nitrogens with zero attached hydrogens (tertiary/aromatic N) is 1. The van der Waals surface area contributed by atoms with E-state index in [4.69, 9.17) is 0 Å². The molecule has 0 amide bonds. The first-order valence-corrected chi connectivity index (χ1v) is 9.51. The monoisotopic (exact) mass is 423 g/mol. The van der Waals surface area contributed by atoms with Crippen molar-refractivity contribution in [2.24, 2.45) is 5.92 Å². The number of aliphatic hydroxyl groups is 1. The Morgan fingerprint density at radius 1 is 1.00 bits per heavy atom. The van der Waals surface area contributed by atoms with E-state index in [-0.39, 0.29) is 30.5 Å². The molecule has 4 heteroatoms. The van der Waals surface area contributed by atoms with Crippen molar-refractivity contribution in [3.8, 4) is 0 Å². The van der Waals surface area contributed by atoms with Crippen LogP contribution in [-0.4, -0.2) is 30.2 Å². The first kappa shape index (κ1) is 20.4. The Bertz CT molecular complexity index is 664. The molecule has 1 N–H and O–H groups in total. The summed E-state index contributed by atoms with van der Waals surface area (Å²) in [5.74, 6) is 0.744. The molecule has 0 spiro atoms. The second-order valence-electron chi connectivity index (χ2n) is 7.08. The molecule has 1 saturated carbocycles. The number of aliphatic hydroxyl groups excluding tert-OH is 1. The van der Waals surface area contributed by atoms with Crippen molar-refractivity contribution in [1.29, 1.82) is 0 Å². The molecule has 0 aliphatic heterocycles. The highest BCUT2D eigenvalue weighted by molar-refractivity contribution is 9.10. The summed E-state index contributed by atoms with van der Waals surface area (Å²) in [4.78, 5) is 2.26. The molecule has 4 atom stereocenters. The van der Waals surface area contributed by atoms with Crippen LogP contribution in [0.2, 0.25) is 0 Å². The van der Waals surface area contributed by atoms with E-state index in [1.165, 1.54) is 15.6 Å². The lowest BCUT2D eigenvalue weighted by Crippen LogP contribution is -2.38. The van der Waals surface area contributed by atoms with Crippen molar-refractivity contribution in [2.45, 2.75) is 37.3 Å². The van der Waals surface area contributed by atoms with Gasteiger partial charge in [-0.3, -0.25) is 0 Å². The summed E-state index contributed by atoms with van der Waals surface area (Å²) in [6.45, 7) is 0. The van der Waals surface area contributed by atoms with E-state index in [1.807, 2.05) is 0 Å². The Morgan fingerprint density at radius 2 is 1.64 bits per heavy atom. The molecule has 25 heavy (non-hydrogen) atoms. The van der Waals surface area contributed by atoms with E-state index in [2.05, 4.69) is 89.5 Å². The summed E-state index contributed by atoms with van der Waals surface area (Å²) in [7, 11) is 4.23. The number of hydrogen-bond donors (Lipinski definition) is 1. The van der Waals surface area contributed by atoms with Gasteiger partial charge in [0.15, 0.2) is 0 Å². The predicted octanol–water partition coefficient (Wildman–Crippen LogP) is 5.42. The van der Waals surface area contributed by atoms with Crippen LogP contribution in [0.3, 0.4) is 0 Å². The average molecular weight is 425 g/mol. The minimum absolute atomic E-state index is 0. The van der Waals surface area contributed by atoms with Crippen LogP contribution >= 0.6 is 28.3 Å². The summed E-state index contributed by atoms with van der Waals surface area (Å²) in [6, 6.07) is 19.4. The van der Waals surface area contributed by atoms with Crippen LogP contribution in [0.25, 0.3) is 0 Å². The summed E-state index contributed by atoms with van der Waals surface area (Å²) in [5, 5.41) is 10.7. The van der Waals surface area contributed by atoms with Crippen LogP contribution in [0.15, 0.2) is 59.1 Å². The smallest absolute Gasteiger partial charge is 0.0587 e. The fourth-order valence-electron chi connectivity index (χ4n) is 4.20. The van der Waals surface area contributed by atoms with Crippen LogP contribution < -0.4 is 0 Å². The number of hydrogen-bond acceptors (Lipinski definition) is 2. The largest absolute Gasteiger partial charge is 0.393 e. The predicted molar refractivity (Wildman–Crippen MR) is 110 cm³/mol. The highest BCUT2D eigenvalue weighted by atomic mass is 79.9. The molecule has 1 aliphatic rings. The van der Waals surface area contributed by atoms with E-state index >= 15 is 0 Å². The maximum Gasteiger partial charge on any atom is 0.0587 e. The van der Waals surface area contributed by atoms with Gasteiger partial charge >= 0.3 is 0 Å². The van der Waals surface area contributed by atoms with Crippen LogP contribution in [0.1, 0.15) is 42.3 Å². The molecule has 2 aromatic carbocycles. The molecule has 0 radical (unpaired) electrons. The van der Waals surface area contributed by atoms with Gasteiger partial charge in [-0.2, -0.15) is 0 Å². The van der Waals surface area contributed by atoms with Crippen LogP contribution in [0, 0.1) is 5.92 Å². The zero-order valence-electron chi connectivity index (χ0n) is 14.8. The second-order valence-corrected chi connectivity index (χ2v) is 7.94. The van der Waals surface area contributed by atoms with Gasteiger partial charge in [0.2, 0.25) is 0 Å². The molecular formula is C21H27BrClNO. The highest BCUT2D eigenvalue weighted by Gasteiger charge is 2.37. The van der Waals surface area contributed by atoms with E-state index in [0.717, 1.165) is 19.3 Å². The van der Waals surface area contributed by atoms with Gasteiger partial charge in [0.25, 0.3) is 0 Å². The van der Waals surface area contributed by atoms with Gasteiger partial charge in [-0.25, -0.2) is 0 Å². The number of rotatable bonds is 4. The Labute approximate surface area is 165 Å². The first-order valence-electron chi connectivity index (χ1n) is 8.71. The first-order chi connectivity index (χ1) is 11.6. The van der Waals surface area contributed by atoms with E-state index in [9.17, 15) is 5.11 Å². The van der Waals surface area contributed by atoms with Crippen LogP contribution in [0.4, 0.5) is 0 Å². The third-order valence-corrected chi connectivity index (χ3v) is 6.03. The third kappa shape index (κ3) is 4.65. The van der Waals surface area contributed by atoms with Crippen molar-refractivity contribution >= 4 is 28.3 Å². The van der Waals surface area contributed by atoms with Crippen LogP contribution in [0.5, 0.6) is 0 Å². The van der Waals surface area contributed by atoms with Crippen molar-refractivity contribution in [3.05, 3.63) is 70.2 Å². The molecule has 136 valence electrons. The number of benzene rings is 2. The van der Waals surface area contributed by atoms with Crippen molar-refractivity contribution in [3.63, 3.8) is 0 Å². The normalized spacial score (nSPS) is 24.6. The molecule has 0 aromatic heterocycles. The standard InChI is InChI=1S/C21H26BrNO.ClH/c1-23(2)21(15-8-4-3-5-9-15)18-14-16(12-13-20(18)24)17-10-6-7-11-19(17)22;/h3-11,16,18,20-21,24H,12-14H2,1-2H3;1H. The maximum absolute atomic E-state index is 10.7. The lowest BCUT2D eigenvalue weighted by atomic mass is 9.72. The molecule has 4 unspecified atom stereocenters. The van der Waals surface area contributed by atoms with Crippen molar-refractivity contribution in [1.82, 2.24) is 4.90 Å². The zero-order valence-corrected chi connectivity index (χ0v) is 17.2. The number of halogens is 2. The molecule has 3 rings (SSSR count). The minimum Gasteiger partial charge on any atom is -0.393 e. The van der Waals surface area contributed by atoms with Gasteiger partial charge in [0.1, 0.15) is 0 Å². The van der Waals surface area contributed by atoms with Gasteiger partial charge in [-0.05, 0) is 56.5 Å². The zero-order chi connectivity index (χ0) is 17.1. The molecule has 2 nitrogen and oxygen atoms in total. The maximum atomic E-state index is 10.7. The third-order valence-electron chi connectivity index (χ3n) is 5.31. The molecule has 2 aromatic rings. The van der Waals surface area contributed by atoms with Crippen molar-refractivity contribution < 1.29 is 5.11 Å². The van der Waals surface area contributed by atoms with Gasteiger partial charge in [-0.1, -0.05) is 64.5 Å². The highest BCUT2D eigenvalue weighted by Crippen LogP contribution is 2.44. The lowest BCUT2D eigenvalue weighted by molar-refractivity contribution is 0.0153. The average Bonchev–Trinajstić information content (AvgIpc) is 2.58. The Balaban J connectivity index is 0.00000225. The fraction of sp³-hybridized carbons (Fsp3) is 0.429. The summed E-state index contributed by atoms with van der Waals surface area (Å²) >= 11 is 3.70. The summed E-state index contributed by atoms with van der Waals surface area (Å²) in [6.07, 6.45) is 2.70. The van der Waals surface area contributed by atoms with Gasteiger partial charge in [0, 0.05) is 16.4 Å². The van der Waals surface area contributed by atoms with Crippen LogP contribution in [-0.2, 0) is 0 Å². The Kier molecular flexibility index (Phi) is 7.51. The quantitative estimate of drug-likeness (QED) is 0.708. The van der Waals surface area contributed by atoms with E-state index in [1.54, 1.807) is 0 Å². The second kappa shape index (κ2) is 9.18. The van der Waals surface area contributed by atoms with E-state index < -0.39 is 0 Å². The molecule has 0 heterocycles. The molecular weight excluding hydrogens is 398 g/mol. The summed E-state index contributed by atoms with van der Waals surface area (Å²) in [5.41, 5.74) is 2.67. The minimum atomic E-state index is -0.239. The molecule has 0 bridgehead atoms. The summed E-state index contributed by atoms with van der Waals surface area (Å²) < 4.78 is 1.19. The topological polar surface area (TPSA) is 23.5 Å².